The number of ketones is 2. The molecule has 0 bridgehead atoms. The minimum absolute atomic E-state index is 0.00359. The summed E-state index contributed by atoms with van der Waals surface area (Å²) in [6, 6.07) is 0. The second-order valence-corrected chi connectivity index (χ2v) is 10.3. The van der Waals surface area contributed by atoms with Crippen LogP contribution in [0.4, 0.5) is 0 Å². The topological polar surface area (TPSA) is 93.1 Å². The van der Waals surface area contributed by atoms with Crippen molar-refractivity contribution in [3.63, 3.8) is 0 Å². The maximum absolute atomic E-state index is 13.1. The van der Waals surface area contributed by atoms with Crippen LogP contribution < -0.4 is 0 Å². The van der Waals surface area contributed by atoms with Crippen LogP contribution in [0.1, 0.15) is 66.2 Å². The van der Waals surface area contributed by atoms with Gasteiger partial charge in [0, 0.05) is 10.8 Å². The summed E-state index contributed by atoms with van der Waals surface area (Å²) in [5, 5.41) is 21.2. The zero-order valence-corrected chi connectivity index (χ0v) is 19.1. The summed E-state index contributed by atoms with van der Waals surface area (Å²) in [5.41, 5.74) is -1.18. The van der Waals surface area contributed by atoms with Gasteiger partial charge in [-0.15, -0.1) is 0 Å². The molecule has 0 amide bonds. The SMILES string of the molecule is CCCC1O[C@@H]2C[C@H]3C[C@@H]([C@@]4(C)C=CC(=O)C=C4CC)[C@@H](O)C[C@]3(C)[C@]2(C(=O)CO)O1. The molecule has 3 fully saturated rings. The van der Waals surface area contributed by atoms with E-state index >= 15 is 0 Å². The Hall–Kier alpha value is -1.34. The third-order valence-electron chi connectivity index (χ3n) is 8.81. The molecule has 8 atom stereocenters. The van der Waals surface area contributed by atoms with E-state index < -0.39 is 41.5 Å². The third kappa shape index (κ3) is 3.13. The van der Waals surface area contributed by atoms with Crippen molar-refractivity contribution in [2.24, 2.45) is 22.7 Å². The number of Topliss-reactive ketones (excluding diaryl/α,β-unsaturated/α-hetero) is 1. The van der Waals surface area contributed by atoms with Gasteiger partial charge in [-0.1, -0.05) is 45.8 Å². The number of aliphatic hydroxyl groups excluding tert-OH is 2. The Bertz CT molecular complexity index is 817. The summed E-state index contributed by atoms with van der Waals surface area (Å²) in [5.74, 6) is -0.288. The van der Waals surface area contributed by atoms with Gasteiger partial charge in [-0.05, 0) is 56.1 Å². The van der Waals surface area contributed by atoms with Crippen molar-refractivity contribution in [1.29, 1.82) is 0 Å². The first-order valence-electron chi connectivity index (χ1n) is 11.8. The van der Waals surface area contributed by atoms with E-state index in [4.69, 9.17) is 9.47 Å². The summed E-state index contributed by atoms with van der Waals surface area (Å²) in [6.07, 6.45) is 7.89. The van der Waals surface area contributed by atoms with E-state index in [9.17, 15) is 19.8 Å². The number of aliphatic hydroxyl groups is 2. The molecule has 2 N–H and O–H groups in total. The summed E-state index contributed by atoms with van der Waals surface area (Å²) < 4.78 is 12.5. The molecule has 4 aliphatic rings. The first-order chi connectivity index (χ1) is 14.7. The van der Waals surface area contributed by atoms with Gasteiger partial charge < -0.3 is 19.7 Å². The summed E-state index contributed by atoms with van der Waals surface area (Å²) in [4.78, 5) is 25.1. The van der Waals surface area contributed by atoms with E-state index in [1.54, 1.807) is 12.2 Å². The number of fused-ring (bicyclic) bond motifs is 3. The number of carbonyl (C=O) groups is 2. The molecular weight excluding hydrogens is 396 g/mol. The van der Waals surface area contributed by atoms with Gasteiger partial charge in [0.25, 0.3) is 0 Å². The lowest BCUT2D eigenvalue weighted by atomic mass is 9.53. The number of hydrogen-bond donors (Lipinski definition) is 2. The van der Waals surface area contributed by atoms with E-state index in [2.05, 4.69) is 6.92 Å². The molecule has 0 aromatic heterocycles. The minimum atomic E-state index is -1.21. The third-order valence-corrected chi connectivity index (χ3v) is 8.81. The first-order valence-corrected chi connectivity index (χ1v) is 11.8. The highest BCUT2D eigenvalue weighted by Gasteiger charge is 2.73. The van der Waals surface area contributed by atoms with Gasteiger partial charge in [0.1, 0.15) is 6.61 Å². The van der Waals surface area contributed by atoms with Gasteiger partial charge in [-0.2, -0.15) is 0 Å². The molecular formula is C25H36O6. The molecule has 4 rings (SSSR count). The van der Waals surface area contributed by atoms with E-state index in [0.717, 1.165) is 18.4 Å². The van der Waals surface area contributed by atoms with Gasteiger partial charge in [-0.3, -0.25) is 9.59 Å². The number of rotatable bonds is 6. The summed E-state index contributed by atoms with van der Waals surface area (Å²) >= 11 is 0. The smallest absolute Gasteiger partial charge is 0.193 e. The second-order valence-electron chi connectivity index (χ2n) is 10.3. The quantitative estimate of drug-likeness (QED) is 0.670. The largest absolute Gasteiger partial charge is 0.393 e. The molecule has 0 aromatic rings. The fourth-order valence-electron chi connectivity index (χ4n) is 7.12. The average Bonchev–Trinajstić information content (AvgIpc) is 3.20. The molecule has 172 valence electrons. The number of carbonyl (C=O) groups excluding carboxylic acids is 2. The Morgan fingerprint density at radius 1 is 1.26 bits per heavy atom. The van der Waals surface area contributed by atoms with Crippen molar-refractivity contribution in [1.82, 2.24) is 0 Å². The molecule has 6 heteroatoms. The van der Waals surface area contributed by atoms with Crippen molar-refractivity contribution in [2.45, 2.75) is 90.3 Å². The maximum Gasteiger partial charge on any atom is 0.193 e. The predicted octanol–water partition coefficient (Wildman–Crippen LogP) is 3.11. The predicted molar refractivity (Wildman–Crippen MR) is 115 cm³/mol. The van der Waals surface area contributed by atoms with Crippen molar-refractivity contribution in [3.05, 3.63) is 23.8 Å². The molecule has 0 radical (unpaired) electrons. The molecule has 1 unspecified atom stereocenters. The van der Waals surface area contributed by atoms with Crippen LogP contribution in [0.2, 0.25) is 0 Å². The van der Waals surface area contributed by atoms with E-state index in [1.807, 2.05) is 26.8 Å². The lowest BCUT2D eigenvalue weighted by molar-refractivity contribution is -0.188. The summed E-state index contributed by atoms with van der Waals surface area (Å²) in [7, 11) is 0. The lowest BCUT2D eigenvalue weighted by Crippen LogP contribution is -2.61. The van der Waals surface area contributed by atoms with E-state index in [0.29, 0.717) is 25.7 Å². The minimum Gasteiger partial charge on any atom is -0.393 e. The fourth-order valence-corrected chi connectivity index (χ4v) is 7.12. The number of ether oxygens (including phenoxy) is 2. The highest BCUT2D eigenvalue weighted by Crippen LogP contribution is 2.66. The molecule has 31 heavy (non-hydrogen) atoms. The zero-order valence-electron chi connectivity index (χ0n) is 19.1. The molecule has 0 aromatic carbocycles. The second kappa shape index (κ2) is 7.91. The zero-order chi connectivity index (χ0) is 22.6. The van der Waals surface area contributed by atoms with Gasteiger partial charge in [0.15, 0.2) is 23.5 Å². The number of allylic oxidation sites excluding steroid dienone is 4. The Kier molecular flexibility index (Phi) is 5.83. The van der Waals surface area contributed by atoms with E-state index in [-0.39, 0.29) is 23.4 Å². The standard InChI is InChI=1S/C25H36O6/c1-5-7-22-30-21-12-16-11-18(23(3)9-8-17(27)10-15(23)6-2)19(28)13-24(16,4)25(21,31-22)20(29)14-26/h8-10,16,18-19,21-22,26,28H,5-7,11-14H2,1-4H3/t16-,18-,19+,21-,22?,23+,24+,25-/m1/s1. The van der Waals surface area contributed by atoms with Crippen LogP contribution in [-0.2, 0) is 19.1 Å². The van der Waals surface area contributed by atoms with Crippen LogP contribution in [0.5, 0.6) is 0 Å². The molecule has 0 spiro atoms. The normalized spacial score (nSPS) is 46.6. The van der Waals surface area contributed by atoms with E-state index in [1.165, 1.54) is 0 Å². The van der Waals surface area contributed by atoms with Crippen LogP contribution in [-0.4, -0.2) is 52.5 Å². The molecule has 3 aliphatic carbocycles. The molecule has 6 nitrogen and oxygen atoms in total. The lowest BCUT2D eigenvalue weighted by Gasteiger charge is -2.53. The van der Waals surface area contributed by atoms with Gasteiger partial charge in [-0.25, -0.2) is 0 Å². The average molecular weight is 433 g/mol. The fraction of sp³-hybridized carbons (Fsp3) is 0.760. The van der Waals surface area contributed by atoms with Crippen LogP contribution in [0.3, 0.4) is 0 Å². The highest BCUT2D eigenvalue weighted by molar-refractivity contribution is 6.01. The molecule has 2 saturated carbocycles. The van der Waals surface area contributed by atoms with Gasteiger partial charge in [0.2, 0.25) is 0 Å². The van der Waals surface area contributed by atoms with Crippen LogP contribution in [0, 0.1) is 22.7 Å². The Balaban J connectivity index is 1.68. The Morgan fingerprint density at radius 3 is 2.65 bits per heavy atom. The van der Waals surface area contributed by atoms with Gasteiger partial charge in [0.05, 0.1) is 12.2 Å². The van der Waals surface area contributed by atoms with Crippen molar-refractivity contribution in [2.75, 3.05) is 6.61 Å². The molecule has 1 saturated heterocycles. The van der Waals surface area contributed by atoms with Crippen molar-refractivity contribution >= 4 is 11.6 Å². The highest BCUT2D eigenvalue weighted by atomic mass is 16.7. The van der Waals surface area contributed by atoms with Gasteiger partial charge >= 0.3 is 0 Å². The Morgan fingerprint density at radius 2 is 2.00 bits per heavy atom. The van der Waals surface area contributed by atoms with Crippen molar-refractivity contribution < 1.29 is 29.3 Å². The van der Waals surface area contributed by atoms with Crippen LogP contribution >= 0.6 is 0 Å². The monoisotopic (exact) mass is 432 g/mol. The first kappa shape index (κ1) is 22.8. The number of hydrogen-bond acceptors (Lipinski definition) is 6. The Labute approximate surface area is 184 Å². The summed E-state index contributed by atoms with van der Waals surface area (Å²) in [6.45, 7) is 7.63. The van der Waals surface area contributed by atoms with Crippen molar-refractivity contribution in [3.8, 4) is 0 Å². The van der Waals surface area contributed by atoms with Crippen LogP contribution in [0.25, 0.3) is 0 Å². The molecule has 1 aliphatic heterocycles. The van der Waals surface area contributed by atoms with Crippen LogP contribution in [0.15, 0.2) is 23.8 Å². The molecule has 1 heterocycles. The maximum atomic E-state index is 13.1.